The Morgan fingerprint density at radius 3 is 2.79 bits per heavy atom. The van der Waals surface area contributed by atoms with Crippen LogP contribution in [-0.4, -0.2) is 57.4 Å². The summed E-state index contributed by atoms with van der Waals surface area (Å²) >= 11 is 0. The van der Waals surface area contributed by atoms with Crippen molar-refractivity contribution in [3.8, 4) is 16.9 Å². The Morgan fingerprint density at radius 2 is 2.06 bits per heavy atom. The van der Waals surface area contributed by atoms with E-state index in [1.807, 2.05) is 12.1 Å². The quantitative estimate of drug-likeness (QED) is 0.551. The highest BCUT2D eigenvalue weighted by Crippen LogP contribution is 2.43. The van der Waals surface area contributed by atoms with Crippen LogP contribution in [0.25, 0.3) is 22.2 Å². The molecule has 0 radical (unpaired) electrons. The fourth-order valence-electron chi connectivity index (χ4n) is 5.75. The smallest absolute Gasteiger partial charge is 0.146 e. The molecule has 1 aliphatic carbocycles. The number of benzene rings is 1. The van der Waals surface area contributed by atoms with E-state index in [1.165, 1.54) is 38.9 Å². The van der Waals surface area contributed by atoms with Gasteiger partial charge in [0.15, 0.2) is 0 Å². The van der Waals surface area contributed by atoms with Crippen LogP contribution >= 0.6 is 0 Å². The lowest BCUT2D eigenvalue weighted by atomic mass is 9.79. The molecular weight excluding hydrogens is 426 g/mol. The number of fused-ring (bicyclic) bond motifs is 1. The van der Waals surface area contributed by atoms with Gasteiger partial charge in [0.2, 0.25) is 0 Å². The standard InChI is InChI=1S/C27H35N5O2/c1-27(2)8-7-22(34-27)16-33-21-6-3-5-19(13-21)23-15-32(26-24(23)25(28)29-17-30-26)20-11-18(12-20)14-31-9-4-10-31/h3,5-6,13,15,17-18,20,22H,4,7-12,14,16H2,1-2H3,(H2,28,29,30)/t18?,20?,22-/m0/s1. The van der Waals surface area contributed by atoms with Gasteiger partial charge >= 0.3 is 0 Å². The topological polar surface area (TPSA) is 78.4 Å². The van der Waals surface area contributed by atoms with E-state index in [9.17, 15) is 0 Å². The van der Waals surface area contributed by atoms with Crippen LogP contribution in [0.3, 0.4) is 0 Å². The minimum Gasteiger partial charge on any atom is -0.491 e. The Morgan fingerprint density at radius 1 is 1.21 bits per heavy atom. The van der Waals surface area contributed by atoms with E-state index in [0.717, 1.165) is 46.7 Å². The molecule has 180 valence electrons. The van der Waals surface area contributed by atoms with Crippen molar-refractivity contribution < 1.29 is 9.47 Å². The van der Waals surface area contributed by atoms with Crippen LogP contribution in [0.15, 0.2) is 36.8 Å². The first-order chi connectivity index (χ1) is 16.4. The summed E-state index contributed by atoms with van der Waals surface area (Å²) < 4.78 is 14.6. The molecule has 2 aliphatic heterocycles. The number of nitrogen functional groups attached to an aromatic ring is 1. The van der Waals surface area contributed by atoms with Crippen molar-refractivity contribution in [2.45, 2.75) is 63.7 Å². The van der Waals surface area contributed by atoms with Gasteiger partial charge in [-0.15, -0.1) is 0 Å². The molecule has 3 fully saturated rings. The zero-order chi connectivity index (χ0) is 23.3. The molecule has 0 spiro atoms. The number of likely N-dealkylation sites (tertiary alicyclic amines) is 1. The predicted molar refractivity (Wildman–Crippen MR) is 134 cm³/mol. The average Bonchev–Trinajstić information content (AvgIpc) is 3.31. The van der Waals surface area contributed by atoms with Gasteiger partial charge in [0.25, 0.3) is 0 Å². The predicted octanol–water partition coefficient (Wildman–Crippen LogP) is 4.67. The SMILES string of the molecule is CC1(C)CC[C@@H](COc2cccc(-c3cn(C4CC(CN5CCC5)C4)c4ncnc(N)c34)c2)O1. The number of nitrogens with zero attached hydrogens (tertiary/aromatic N) is 4. The van der Waals surface area contributed by atoms with Crippen LogP contribution < -0.4 is 10.5 Å². The van der Waals surface area contributed by atoms with Crippen molar-refractivity contribution in [3.63, 3.8) is 0 Å². The summed E-state index contributed by atoms with van der Waals surface area (Å²) in [6, 6.07) is 8.73. The molecule has 7 nitrogen and oxygen atoms in total. The van der Waals surface area contributed by atoms with Gasteiger partial charge in [-0.3, -0.25) is 0 Å². The van der Waals surface area contributed by atoms with Crippen molar-refractivity contribution in [1.29, 1.82) is 0 Å². The fourth-order valence-corrected chi connectivity index (χ4v) is 5.75. The second-order valence-electron chi connectivity index (χ2n) is 10.9. The normalized spacial score (nSPS) is 26.4. The van der Waals surface area contributed by atoms with Gasteiger partial charge in [-0.25, -0.2) is 9.97 Å². The lowest BCUT2D eigenvalue weighted by Crippen LogP contribution is -2.43. The Labute approximate surface area is 201 Å². The summed E-state index contributed by atoms with van der Waals surface area (Å²) in [6.45, 7) is 8.63. The molecular formula is C27H35N5O2. The molecule has 0 bridgehead atoms. The summed E-state index contributed by atoms with van der Waals surface area (Å²) in [7, 11) is 0. The third-order valence-corrected chi connectivity index (χ3v) is 7.84. The zero-order valence-electron chi connectivity index (χ0n) is 20.2. The molecule has 34 heavy (non-hydrogen) atoms. The first-order valence-electron chi connectivity index (χ1n) is 12.7. The van der Waals surface area contributed by atoms with Crippen molar-refractivity contribution in [2.75, 3.05) is 32.0 Å². The molecule has 0 amide bonds. The van der Waals surface area contributed by atoms with Gasteiger partial charge in [-0.05, 0) is 82.7 Å². The summed E-state index contributed by atoms with van der Waals surface area (Å²) in [6.07, 6.45) is 9.81. The lowest BCUT2D eigenvalue weighted by Gasteiger charge is -2.42. The van der Waals surface area contributed by atoms with E-state index in [4.69, 9.17) is 15.2 Å². The van der Waals surface area contributed by atoms with Crippen molar-refractivity contribution >= 4 is 16.9 Å². The molecule has 1 atom stereocenters. The second kappa shape index (κ2) is 8.54. The molecule has 1 saturated carbocycles. The number of hydrogen-bond acceptors (Lipinski definition) is 6. The van der Waals surface area contributed by atoms with Crippen LogP contribution in [0.4, 0.5) is 5.82 Å². The van der Waals surface area contributed by atoms with Crippen molar-refractivity contribution in [3.05, 3.63) is 36.8 Å². The van der Waals surface area contributed by atoms with Crippen molar-refractivity contribution in [2.24, 2.45) is 5.92 Å². The zero-order valence-corrected chi connectivity index (χ0v) is 20.2. The summed E-state index contributed by atoms with van der Waals surface area (Å²) in [5, 5.41) is 0.937. The van der Waals surface area contributed by atoms with E-state index in [-0.39, 0.29) is 11.7 Å². The van der Waals surface area contributed by atoms with Crippen LogP contribution in [-0.2, 0) is 4.74 Å². The lowest BCUT2D eigenvalue weighted by molar-refractivity contribution is -0.0326. The monoisotopic (exact) mass is 461 g/mol. The summed E-state index contributed by atoms with van der Waals surface area (Å²) in [5.74, 6) is 2.16. The fraction of sp³-hybridized carbons (Fsp3) is 0.556. The Bertz CT molecular complexity index is 1180. The molecule has 6 rings (SSSR count). The maximum Gasteiger partial charge on any atom is 0.146 e. The maximum atomic E-state index is 6.37. The van der Waals surface area contributed by atoms with Gasteiger partial charge in [-0.1, -0.05) is 12.1 Å². The Kier molecular flexibility index (Phi) is 5.49. The van der Waals surface area contributed by atoms with Gasteiger partial charge in [0.05, 0.1) is 17.1 Å². The number of anilines is 1. The van der Waals surface area contributed by atoms with Crippen LogP contribution in [0.1, 0.15) is 52.0 Å². The third kappa shape index (κ3) is 4.16. The van der Waals surface area contributed by atoms with E-state index >= 15 is 0 Å². The van der Waals surface area contributed by atoms with Crippen molar-refractivity contribution in [1.82, 2.24) is 19.4 Å². The van der Waals surface area contributed by atoms with Gasteiger partial charge in [0, 0.05) is 24.3 Å². The molecule has 2 N–H and O–H groups in total. The molecule has 3 aromatic rings. The number of ether oxygens (including phenoxy) is 2. The Balaban J connectivity index is 1.23. The highest BCUT2D eigenvalue weighted by Gasteiger charge is 2.35. The first-order valence-corrected chi connectivity index (χ1v) is 12.7. The number of aromatic nitrogens is 3. The molecule has 0 unspecified atom stereocenters. The van der Waals surface area contributed by atoms with Gasteiger partial charge in [0.1, 0.15) is 30.1 Å². The van der Waals surface area contributed by atoms with E-state index in [1.54, 1.807) is 6.33 Å². The summed E-state index contributed by atoms with van der Waals surface area (Å²) in [5.41, 5.74) is 9.40. The third-order valence-electron chi connectivity index (χ3n) is 7.84. The summed E-state index contributed by atoms with van der Waals surface area (Å²) in [4.78, 5) is 11.5. The molecule has 4 heterocycles. The van der Waals surface area contributed by atoms with E-state index in [0.29, 0.717) is 18.5 Å². The highest BCUT2D eigenvalue weighted by atomic mass is 16.6. The van der Waals surface area contributed by atoms with E-state index in [2.05, 4.69) is 51.6 Å². The molecule has 7 heteroatoms. The molecule has 2 aromatic heterocycles. The Hall–Kier alpha value is -2.64. The minimum atomic E-state index is -0.0506. The van der Waals surface area contributed by atoms with Gasteiger partial charge in [-0.2, -0.15) is 0 Å². The highest BCUT2D eigenvalue weighted by molar-refractivity contribution is 6.00. The number of nitrogens with two attached hydrogens (primary N) is 1. The van der Waals surface area contributed by atoms with E-state index < -0.39 is 0 Å². The van der Waals surface area contributed by atoms with Gasteiger partial charge < -0.3 is 24.7 Å². The first kappa shape index (κ1) is 21.9. The molecule has 3 aliphatic rings. The average molecular weight is 462 g/mol. The maximum absolute atomic E-state index is 6.37. The number of hydrogen-bond donors (Lipinski definition) is 1. The second-order valence-corrected chi connectivity index (χ2v) is 10.9. The van der Waals surface area contributed by atoms with Crippen LogP contribution in [0, 0.1) is 5.92 Å². The molecule has 1 aromatic carbocycles. The largest absolute Gasteiger partial charge is 0.491 e. The van der Waals surface area contributed by atoms with Crippen LogP contribution in [0.5, 0.6) is 5.75 Å². The minimum absolute atomic E-state index is 0.0506. The number of rotatable bonds is 7. The van der Waals surface area contributed by atoms with Crippen LogP contribution in [0.2, 0.25) is 0 Å². The molecule has 2 saturated heterocycles.